The predicted molar refractivity (Wildman–Crippen MR) is 128 cm³/mol. The number of H-pyrrole nitrogens is 1. The van der Waals surface area contributed by atoms with E-state index in [0.717, 1.165) is 28.6 Å². The lowest BCUT2D eigenvalue weighted by atomic mass is 10.0. The monoisotopic (exact) mass is 478 g/mol. The maximum atomic E-state index is 13.5. The highest BCUT2D eigenvalue weighted by Gasteiger charge is 2.27. The molecule has 0 radical (unpaired) electrons. The smallest absolute Gasteiger partial charge is 0.269 e. The Morgan fingerprint density at radius 2 is 1.74 bits per heavy atom. The van der Waals surface area contributed by atoms with E-state index in [9.17, 15) is 23.3 Å². The Bertz CT molecular complexity index is 1530. The Morgan fingerprint density at radius 1 is 1.03 bits per heavy atom. The number of rotatable bonds is 7. The summed E-state index contributed by atoms with van der Waals surface area (Å²) >= 11 is 0. The van der Waals surface area contributed by atoms with Gasteiger partial charge in [-0.15, -0.1) is 0 Å². The molecule has 10 heteroatoms. The SMILES string of the molecule is Cc1ccc(C)c2[nH]c(=O)c(CN(Cc3cccnc3)S(=O)(=O)c3ccc([N+](=O)[O-])cc3)cc12. The molecule has 0 bridgehead atoms. The van der Waals surface area contributed by atoms with Crippen LogP contribution in [0.5, 0.6) is 0 Å². The number of benzene rings is 2. The van der Waals surface area contributed by atoms with E-state index in [-0.39, 0.29) is 34.8 Å². The van der Waals surface area contributed by atoms with Crippen molar-refractivity contribution in [3.05, 3.63) is 110 Å². The van der Waals surface area contributed by atoms with E-state index in [2.05, 4.69) is 9.97 Å². The number of hydrogen-bond donors (Lipinski definition) is 1. The van der Waals surface area contributed by atoms with Crippen molar-refractivity contribution in [2.24, 2.45) is 0 Å². The Kier molecular flexibility index (Phi) is 6.27. The maximum absolute atomic E-state index is 13.5. The molecule has 0 fully saturated rings. The minimum Gasteiger partial charge on any atom is -0.321 e. The van der Waals surface area contributed by atoms with Crippen LogP contribution < -0.4 is 5.56 Å². The fraction of sp³-hybridized carbons (Fsp3) is 0.167. The van der Waals surface area contributed by atoms with Crippen molar-refractivity contribution in [3.63, 3.8) is 0 Å². The van der Waals surface area contributed by atoms with Crippen LogP contribution in [0, 0.1) is 24.0 Å². The van der Waals surface area contributed by atoms with Crippen molar-refractivity contribution in [2.45, 2.75) is 31.8 Å². The number of nitrogens with one attached hydrogen (secondary N) is 1. The molecule has 9 nitrogen and oxygen atoms in total. The summed E-state index contributed by atoms with van der Waals surface area (Å²) in [5.41, 5.74) is 2.91. The molecule has 4 rings (SSSR count). The number of sulfonamides is 1. The molecule has 0 atom stereocenters. The molecule has 0 aliphatic heterocycles. The first kappa shape index (κ1) is 23.3. The van der Waals surface area contributed by atoms with E-state index in [1.54, 1.807) is 30.6 Å². The molecule has 2 heterocycles. The van der Waals surface area contributed by atoms with Crippen LogP contribution in [0.15, 0.2) is 76.7 Å². The topological polar surface area (TPSA) is 126 Å². The third-order valence-electron chi connectivity index (χ3n) is 5.63. The summed E-state index contributed by atoms with van der Waals surface area (Å²) in [4.78, 5) is 30.1. The quantitative estimate of drug-likeness (QED) is 0.318. The molecular weight excluding hydrogens is 456 g/mol. The summed E-state index contributed by atoms with van der Waals surface area (Å²) in [5, 5.41) is 11.8. The van der Waals surface area contributed by atoms with Crippen LogP contribution in [0.1, 0.15) is 22.3 Å². The summed E-state index contributed by atoms with van der Waals surface area (Å²) in [7, 11) is -4.10. The van der Waals surface area contributed by atoms with Gasteiger partial charge in [0.2, 0.25) is 10.0 Å². The first-order valence-electron chi connectivity index (χ1n) is 10.4. The summed E-state index contributed by atoms with van der Waals surface area (Å²) in [6.07, 6.45) is 3.13. The van der Waals surface area contributed by atoms with Crippen molar-refractivity contribution < 1.29 is 13.3 Å². The fourth-order valence-corrected chi connectivity index (χ4v) is 5.14. The average Bonchev–Trinajstić information content (AvgIpc) is 2.82. The summed E-state index contributed by atoms with van der Waals surface area (Å²) in [6, 6.07) is 13.7. The van der Waals surface area contributed by atoms with Crippen molar-refractivity contribution in [1.29, 1.82) is 0 Å². The van der Waals surface area contributed by atoms with Gasteiger partial charge < -0.3 is 4.98 Å². The van der Waals surface area contributed by atoms with Crippen LogP contribution in [0.25, 0.3) is 10.9 Å². The summed E-state index contributed by atoms with van der Waals surface area (Å²) in [6.45, 7) is 3.60. The van der Waals surface area contributed by atoms with Gasteiger partial charge in [0, 0.05) is 48.6 Å². The van der Waals surface area contributed by atoms with Gasteiger partial charge in [-0.3, -0.25) is 19.9 Å². The Morgan fingerprint density at radius 3 is 2.38 bits per heavy atom. The average molecular weight is 479 g/mol. The van der Waals surface area contributed by atoms with Crippen LogP contribution in [0.4, 0.5) is 5.69 Å². The minimum atomic E-state index is -4.10. The van der Waals surface area contributed by atoms with Gasteiger partial charge >= 0.3 is 0 Å². The highest BCUT2D eigenvalue weighted by Crippen LogP contribution is 2.25. The van der Waals surface area contributed by atoms with Crippen molar-refractivity contribution in [1.82, 2.24) is 14.3 Å². The molecule has 0 aliphatic carbocycles. The number of aromatic nitrogens is 2. The first-order valence-corrected chi connectivity index (χ1v) is 11.9. The van der Waals surface area contributed by atoms with E-state index in [4.69, 9.17) is 0 Å². The minimum absolute atomic E-state index is 0.0303. The zero-order valence-corrected chi connectivity index (χ0v) is 19.4. The standard InChI is InChI=1S/C24H22N4O5S/c1-16-5-6-17(2)23-22(16)12-19(24(29)26-23)15-27(14-18-4-3-11-25-13-18)34(32,33)21-9-7-20(8-10-21)28(30)31/h3-13H,14-15H2,1-2H3,(H,26,29). The van der Waals surface area contributed by atoms with Gasteiger partial charge in [-0.1, -0.05) is 18.2 Å². The van der Waals surface area contributed by atoms with Crippen molar-refractivity contribution in [2.75, 3.05) is 0 Å². The molecule has 2 aromatic heterocycles. The van der Waals surface area contributed by atoms with Gasteiger partial charge in [0.05, 0.1) is 15.3 Å². The molecule has 0 aliphatic rings. The second-order valence-electron chi connectivity index (χ2n) is 8.00. The highest BCUT2D eigenvalue weighted by atomic mass is 32.2. The maximum Gasteiger partial charge on any atom is 0.269 e. The lowest BCUT2D eigenvalue weighted by Gasteiger charge is -2.22. The lowest BCUT2D eigenvalue weighted by molar-refractivity contribution is -0.384. The second kappa shape index (κ2) is 9.16. The predicted octanol–water partition coefficient (Wildman–Crippen LogP) is 3.84. The van der Waals surface area contributed by atoms with E-state index in [1.165, 1.54) is 16.4 Å². The molecule has 0 saturated heterocycles. The van der Waals surface area contributed by atoms with Gasteiger partial charge in [-0.25, -0.2) is 8.42 Å². The molecule has 4 aromatic rings. The molecule has 0 amide bonds. The number of nitro benzene ring substituents is 1. The lowest BCUT2D eigenvalue weighted by Crippen LogP contribution is -2.32. The summed E-state index contributed by atoms with van der Waals surface area (Å²) in [5.74, 6) is 0. The molecule has 0 unspecified atom stereocenters. The van der Waals surface area contributed by atoms with E-state index in [1.807, 2.05) is 26.0 Å². The third-order valence-corrected chi connectivity index (χ3v) is 7.44. The van der Waals surface area contributed by atoms with Gasteiger partial charge in [-0.05, 0) is 54.8 Å². The number of pyridine rings is 2. The van der Waals surface area contributed by atoms with Crippen LogP contribution in [0.3, 0.4) is 0 Å². The van der Waals surface area contributed by atoms with Crippen molar-refractivity contribution in [3.8, 4) is 0 Å². The zero-order chi connectivity index (χ0) is 24.5. The van der Waals surface area contributed by atoms with Gasteiger partial charge in [0.15, 0.2) is 0 Å². The largest absolute Gasteiger partial charge is 0.321 e. The number of aryl methyl sites for hydroxylation is 2. The van der Waals surface area contributed by atoms with Crippen LogP contribution in [-0.2, 0) is 23.1 Å². The number of hydrogen-bond acceptors (Lipinski definition) is 6. The number of nitro groups is 1. The van der Waals surface area contributed by atoms with Crippen LogP contribution >= 0.6 is 0 Å². The number of non-ortho nitro benzene ring substituents is 1. The zero-order valence-electron chi connectivity index (χ0n) is 18.6. The van der Waals surface area contributed by atoms with Gasteiger partial charge in [-0.2, -0.15) is 4.31 Å². The van der Waals surface area contributed by atoms with Gasteiger partial charge in [0.1, 0.15) is 0 Å². The summed E-state index contributed by atoms with van der Waals surface area (Å²) < 4.78 is 28.3. The normalized spacial score (nSPS) is 11.7. The van der Waals surface area contributed by atoms with E-state index >= 15 is 0 Å². The number of fused-ring (bicyclic) bond motifs is 1. The second-order valence-corrected chi connectivity index (χ2v) is 9.94. The van der Waals surface area contributed by atoms with Crippen LogP contribution in [0.2, 0.25) is 0 Å². The number of aromatic amines is 1. The Balaban J connectivity index is 1.79. The molecule has 34 heavy (non-hydrogen) atoms. The fourth-order valence-electron chi connectivity index (χ4n) is 3.74. The van der Waals surface area contributed by atoms with E-state index in [0.29, 0.717) is 11.1 Å². The number of nitrogens with zero attached hydrogens (tertiary/aromatic N) is 3. The molecule has 0 saturated carbocycles. The third kappa shape index (κ3) is 4.59. The van der Waals surface area contributed by atoms with E-state index < -0.39 is 14.9 Å². The van der Waals surface area contributed by atoms with Crippen LogP contribution in [-0.4, -0.2) is 27.6 Å². The molecular formula is C24H22N4O5S. The first-order chi connectivity index (χ1) is 16.2. The molecule has 0 spiro atoms. The molecule has 1 N–H and O–H groups in total. The molecule has 2 aromatic carbocycles. The van der Waals surface area contributed by atoms with Crippen molar-refractivity contribution >= 4 is 26.6 Å². The highest BCUT2D eigenvalue weighted by molar-refractivity contribution is 7.89. The molecule has 174 valence electrons. The van der Waals surface area contributed by atoms with Gasteiger partial charge in [0.25, 0.3) is 11.2 Å². The Labute approximate surface area is 195 Å². The Hall–Kier alpha value is -3.89.